The zero-order chi connectivity index (χ0) is 25.6. The lowest BCUT2D eigenvalue weighted by molar-refractivity contribution is -0.140. The predicted molar refractivity (Wildman–Crippen MR) is 127 cm³/mol. The Labute approximate surface area is 204 Å². The van der Waals surface area contributed by atoms with Gasteiger partial charge >= 0.3 is 0 Å². The van der Waals surface area contributed by atoms with Crippen molar-refractivity contribution in [3.63, 3.8) is 0 Å². The normalized spacial score (nSPS) is 18.5. The highest BCUT2D eigenvalue weighted by molar-refractivity contribution is 5.89. The molecule has 190 valence electrons. The van der Waals surface area contributed by atoms with Gasteiger partial charge in [-0.2, -0.15) is 4.98 Å². The number of alkyl halides is 2. The lowest BCUT2D eigenvalue weighted by Crippen LogP contribution is -2.55. The fraction of sp³-hybridized carbons (Fsp3) is 0.435. The third-order valence-corrected chi connectivity index (χ3v) is 6.48. The summed E-state index contributed by atoms with van der Waals surface area (Å²) in [5, 5.41) is 25.0. The number of methoxy groups -OCH3 is 1. The molecule has 1 aromatic carbocycles. The Morgan fingerprint density at radius 3 is 2.86 bits per heavy atom. The Balaban J connectivity index is 1.49. The minimum absolute atomic E-state index is 0.00282. The molecule has 1 aliphatic rings. The molecule has 1 amide bonds. The van der Waals surface area contributed by atoms with E-state index in [9.17, 15) is 18.7 Å². The highest BCUT2D eigenvalue weighted by Crippen LogP contribution is 2.34. The zero-order valence-corrected chi connectivity index (χ0v) is 20.0. The number of nitrogens with one attached hydrogen (secondary N) is 1. The number of carbonyl (C=O) groups is 1. The fourth-order valence-electron chi connectivity index (χ4n) is 4.48. The van der Waals surface area contributed by atoms with Crippen molar-refractivity contribution < 1.29 is 23.4 Å². The van der Waals surface area contributed by atoms with Gasteiger partial charge in [-0.15, -0.1) is 10.2 Å². The number of hydrogen-bond donors (Lipinski definition) is 2. The van der Waals surface area contributed by atoms with Crippen LogP contribution >= 0.6 is 0 Å². The minimum atomic E-state index is -3.14. The molecule has 36 heavy (non-hydrogen) atoms. The Kier molecular flexibility index (Phi) is 5.94. The summed E-state index contributed by atoms with van der Waals surface area (Å²) in [6.07, 6.45) is 1.76. The minimum Gasteiger partial charge on any atom is -0.479 e. The van der Waals surface area contributed by atoms with Gasteiger partial charge in [0.2, 0.25) is 17.7 Å². The fourth-order valence-corrected chi connectivity index (χ4v) is 4.48. The van der Waals surface area contributed by atoms with Crippen LogP contribution in [-0.4, -0.2) is 84.3 Å². The average Bonchev–Trinajstić information content (AvgIpc) is 3.48. The summed E-state index contributed by atoms with van der Waals surface area (Å²) in [4.78, 5) is 17.0. The molecule has 0 spiro atoms. The van der Waals surface area contributed by atoms with Gasteiger partial charge in [0.1, 0.15) is 11.0 Å². The Bertz CT molecular complexity index is 1440. The monoisotopic (exact) mass is 500 g/mol. The van der Waals surface area contributed by atoms with Crippen molar-refractivity contribution in [1.29, 1.82) is 0 Å². The maximum atomic E-state index is 14.7. The van der Waals surface area contributed by atoms with E-state index in [-0.39, 0.29) is 43.3 Å². The molecule has 1 aliphatic heterocycles. The van der Waals surface area contributed by atoms with Crippen molar-refractivity contribution in [3.05, 3.63) is 30.5 Å². The zero-order valence-electron chi connectivity index (χ0n) is 20.0. The number of halogens is 2. The Morgan fingerprint density at radius 1 is 1.36 bits per heavy atom. The highest BCUT2D eigenvalue weighted by atomic mass is 19.3. The Morgan fingerprint density at radius 2 is 2.17 bits per heavy atom. The molecule has 0 radical (unpaired) electrons. The number of hydrogen-bond acceptors (Lipinski definition) is 8. The van der Waals surface area contributed by atoms with Gasteiger partial charge in [-0.05, 0) is 37.1 Å². The molecule has 0 saturated carbocycles. The molecule has 2 atom stereocenters. The van der Waals surface area contributed by atoms with Gasteiger partial charge in [0, 0.05) is 25.2 Å². The standard InChI is InChI=1S/C23H26F2N8O3/c1-13(11-34)33-18-10-15(4-5-17(18)28-30-33)16-6-9-32-20(16)21(36-3)27-22(29-32)26-19-7-8-31(14(2)35)12-23(19,24)25/h4-6,9-10,13,19,34H,7-8,11-12H2,1-3H3,(H,26,29)/t13-,19-/m1/s1. The summed E-state index contributed by atoms with van der Waals surface area (Å²) in [7, 11) is 1.45. The van der Waals surface area contributed by atoms with E-state index in [1.807, 2.05) is 31.2 Å². The molecular weight excluding hydrogens is 474 g/mol. The van der Waals surface area contributed by atoms with Crippen molar-refractivity contribution in [2.45, 2.75) is 38.3 Å². The van der Waals surface area contributed by atoms with Crippen molar-refractivity contribution in [2.75, 3.05) is 32.1 Å². The van der Waals surface area contributed by atoms with Crippen LogP contribution in [0.4, 0.5) is 14.7 Å². The third-order valence-electron chi connectivity index (χ3n) is 6.48. The van der Waals surface area contributed by atoms with E-state index < -0.39 is 18.5 Å². The lowest BCUT2D eigenvalue weighted by Gasteiger charge is -2.38. The van der Waals surface area contributed by atoms with Gasteiger partial charge in [-0.25, -0.2) is 18.0 Å². The van der Waals surface area contributed by atoms with Crippen molar-refractivity contribution in [3.8, 4) is 17.0 Å². The number of ether oxygens (including phenoxy) is 1. The first kappa shape index (κ1) is 23.9. The van der Waals surface area contributed by atoms with Crippen LogP contribution in [0, 0.1) is 0 Å². The molecule has 3 aromatic heterocycles. The number of fused-ring (bicyclic) bond motifs is 2. The van der Waals surface area contributed by atoms with Gasteiger partial charge in [-0.1, -0.05) is 11.3 Å². The molecule has 11 nitrogen and oxygen atoms in total. The van der Waals surface area contributed by atoms with Crippen molar-refractivity contribution in [1.82, 2.24) is 34.5 Å². The summed E-state index contributed by atoms with van der Waals surface area (Å²) in [6, 6.07) is 5.99. The molecule has 5 rings (SSSR count). The average molecular weight is 501 g/mol. The van der Waals surface area contributed by atoms with E-state index in [1.165, 1.54) is 18.5 Å². The van der Waals surface area contributed by atoms with E-state index in [1.54, 1.807) is 10.9 Å². The van der Waals surface area contributed by atoms with Crippen LogP contribution in [-0.2, 0) is 4.79 Å². The van der Waals surface area contributed by atoms with E-state index in [2.05, 4.69) is 25.7 Å². The third kappa shape index (κ3) is 4.08. The van der Waals surface area contributed by atoms with Gasteiger partial charge in [0.05, 0.1) is 37.9 Å². The summed E-state index contributed by atoms with van der Waals surface area (Å²) in [5.74, 6) is -3.31. The van der Waals surface area contributed by atoms with Crippen LogP contribution in [0.5, 0.6) is 5.88 Å². The molecule has 1 saturated heterocycles. The second-order valence-corrected chi connectivity index (χ2v) is 8.92. The van der Waals surface area contributed by atoms with Gasteiger partial charge in [0.15, 0.2) is 0 Å². The topological polar surface area (TPSA) is 123 Å². The lowest BCUT2D eigenvalue weighted by atomic mass is 10.0. The first-order valence-electron chi connectivity index (χ1n) is 11.5. The molecule has 4 aromatic rings. The predicted octanol–water partition coefficient (Wildman–Crippen LogP) is 2.37. The summed E-state index contributed by atoms with van der Waals surface area (Å²) in [5.41, 5.74) is 3.60. The molecule has 4 heterocycles. The van der Waals surface area contributed by atoms with Gasteiger partial charge in [-0.3, -0.25) is 4.79 Å². The number of aromatic nitrogens is 6. The van der Waals surface area contributed by atoms with Gasteiger partial charge < -0.3 is 20.1 Å². The molecular formula is C23H26F2N8O3. The number of carbonyl (C=O) groups excluding carboxylic acids is 1. The van der Waals surface area contributed by atoms with Crippen LogP contribution in [0.25, 0.3) is 27.7 Å². The molecule has 0 unspecified atom stereocenters. The van der Waals surface area contributed by atoms with Gasteiger partial charge in [0.25, 0.3) is 5.92 Å². The largest absolute Gasteiger partial charge is 0.479 e. The number of aliphatic hydroxyl groups excluding tert-OH is 1. The first-order chi connectivity index (χ1) is 17.2. The number of rotatable bonds is 6. The Hall–Kier alpha value is -3.87. The van der Waals surface area contributed by atoms with Crippen LogP contribution in [0.1, 0.15) is 26.3 Å². The number of amides is 1. The number of aliphatic hydroxyl groups is 1. The number of likely N-dealkylation sites (tertiary alicyclic amines) is 1. The number of benzene rings is 1. The number of piperidine rings is 1. The molecule has 0 bridgehead atoms. The smallest absolute Gasteiger partial charge is 0.285 e. The van der Waals surface area contributed by atoms with Crippen molar-refractivity contribution in [2.24, 2.45) is 0 Å². The number of anilines is 1. The molecule has 2 N–H and O–H groups in total. The van der Waals surface area contributed by atoms with Crippen LogP contribution in [0.3, 0.4) is 0 Å². The van der Waals surface area contributed by atoms with E-state index in [4.69, 9.17) is 4.74 Å². The van der Waals surface area contributed by atoms with E-state index >= 15 is 0 Å². The molecule has 0 aliphatic carbocycles. The molecule has 1 fully saturated rings. The SMILES string of the molecule is COc1nc(N[C@@H]2CCN(C(C)=O)CC2(F)F)nn2ccc(-c3ccc4nnn([C@H](C)CO)c4c3)c12. The van der Waals surface area contributed by atoms with Crippen LogP contribution in [0.15, 0.2) is 30.5 Å². The molecule has 13 heteroatoms. The second-order valence-electron chi connectivity index (χ2n) is 8.92. The maximum Gasteiger partial charge on any atom is 0.285 e. The number of nitrogens with zero attached hydrogens (tertiary/aromatic N) is 7. The quantitative estimate of drug-likeness (QED) is 0.414. The summed E-state index contributed by atoms with van der Waals surface area (Å²) < 4.78 is 38.2. The van der Waals surface area contributed by atoms with E-state index in [0.29, 0.717) is 11.0 Å². The summed E-state index contributed by atoms with van der Waals surface area (Å²) in [6.45, 7) is 2.61. The van der Waals surface area contributed by atoms with Crippen LogP contribution < -0.4 is 10.1 Å². The summed E-state index contributed by atoms with van der Waals surface area (Å²) >= 11 is 0. The van der Waals surface area contributed by atoms with Crippen LogP contribution in [0.2, 0.25) is 0 Å². The highest BCUT2D eigenvalue weighted by Gasteiger charge is 2.45. The van der Waals surface area contributed by atoms with Crippen molar-refractivity contribution >= 4 is 28.4 Å². The first-order valence-corrected chi connectivity index (χ1v) is 11.5. The van der Waals surface area contributed by atoms with E-state index in [0.717, 1.165) is 21.5 Å². The maximum absolute atomic E-state index is 14.7. The second kappa shape index (κ2) is 8.97.